The Labute approximate surface area is 108 Å². The fraction of sp³-hybridized carbons (Fsp3) is 0.500. The zero-order valence-electron chi connectivity index (χ0n) is 9.49. The Hall–Kier alpha value is -0.650. The first-order chi connectivity index (χ1) is 8.22. The lowest BCUT2D eigenvalue weighted by molar-refractivity contribution is -0.0878. The maximum atomic E-state index is 13.3. The molecule has 0 aliphatic carbocycles. The molecule has 0 saturated carbocycles. The fourth-order valence-electron chi connectivity index (χ4n) is 1.80. The molecule has 5 heteroatoms. The first kappa shape index (κ1) is 12.8. The van der Waals surface area contributed by atoms with E-state index in [1.807, 2.05) is 0 Å². The Kier molecular flexibility index (Phi) is 4.36. The van der Waals surface area contributed by atoms with Gasteiger partial charge in [0.2, 0.25) is 0 Å². The highest BCUT2D eigenvalue weighted by molar-refractivity contribution is 9.09. The van der Waals surface area contributed by atoms with Crippen LogP contribution in [-0.2, 0) is 9.47 Å². The SMILES string of the molecule is COc1ccc(F)cc1C(Br)C1COCCO1. The van der Waals surface area contributed by atoms with Crippen molar-refractivity contribution in [3.05, 3.63) is 29.6 Å². The second-order valence-corrected chi connectivity index (χ2v) is 4.76. The minimum Gasteiger partial charge on any atom is -0.496 e. The summed E-state index contributed by atoms with van der Waals surface area (Å²) < 4.78 is 29.4. The molecule has 0 aromatic heterocycles. The van der Waals surface area contributed by atoms with Crippen molar-refractivity contribution in [1.29, 1.82) is 0 Å². The van der Waals surface area contributed by atoms with Crippen LogP contribution in [0.5, 0.6) is 5.75 Å². The molecule has 1 saturated heterocycles. The molecule has 1 aromatic carbocycles. The van der Waals surface area contributed by atoms with E-state index in [2.05, 4.69) is 15.9 Å². The topological polar surface area (TPSA) is 27.7 Å². The van der Waals surface area contributed by atoms with E-state index in [9.17, 15) is 4.39 Å². The quantitative estimate of drug-likeness (QED) is 0.804. The first-order valence-corrected chi connectivity index (χ1v) is 6.31. The van der Waals surface area contributed by atoms with Crippen LogP contribution >= 0.6 is 15.9 Å². The lowest BCUT2D eigenvalue weighted by Gasteiger charge is -2.28. The van der Waals surface area contributed by atoms with E-state index in [-0.39, 0.29) is 16.7 Å². The minimum absolute atomic E-state index is 0.126. The molecular formula is C12H14BrFO3. The molecule has 94 valence electrons. The van der Waals surface area contributed by atoms with Crippen molar-refractivity contribution in [2.24, 2.45) is 0 Å². The summed E-state index contributed by atoms with van der Waals surface area (Å²) in [7, 11) is 1.56. The van der Waals surface area contributed by atoms with Gasteiger partial charge in [0.1, 0.15) is 11.6 Å². The molecule has 17 heavy (non-hydrogen) atoms. The van der Waals surface area contributed by atoms with Crippen molar-refractivity contribution in [1.82, 2.24) is 0 Å². The summed E-state index contributed by atoms with van der Waals surface area (Å²) in [5, 5.41) is 0. The third-order valence-electron chi connectivity index (χ3n) is 2.66. The van der Waals surface area contributed by atoms with Crippen LogP contribution in [0.25, 0.3) is 0 Å². The van der Waals surface area contributed by atoms with Gasteiger partial charge >= 0.3 is 0 Å². The number of alkyl halides is 1. The van der Waals surface area contributed by atoms with Crippen LogP contribution < -0.4 is 4.74 Å². The average molecular weight is 305 g/mol. The third-order valence-corrected chi connectivity index (χ3v) is 3.74. The molecule has 1 fully saturated rings. The predicted molar refractivity (Wildman–Crippen MR) is 65.2 cm³/mol. The van der Waals surface area contributed by atoms with Gasteiger partial charge in [0.15, 0.2) is 0 Å². The van der Waals surface area contributed by atoms with Crippen molar-refractivity contribution in [3.63, 3.8) is 0 Å². The lowest BCUT2D eigenvalue weighted by atomic mass is 10.1. The van der Waals surface area contributed by atoms with Crippen molar-refractivity contribution in [2.75, 3.05) is 26.9 Å². The van der Waals surface area contributed by atoms with E-state index in [1.165, 1.54) is 12.1 Å². The van der Waals surface area contributed by atoms with E-state index >= 15 is 0 Å². The molecule has 3 nitrogen and oxygen atoms in total. The summed E-state index contributed by atoms with van der Waals surface area (Å²) >= 11 is 3.52. The van der Waals surface area contributed by atoms with E-state index < -0.39 is 0 Å². The number of halogens is 2. The van der Waals surface area contributed by atoms with Crippen LogP contribution in [0.4, 0.5) is 4.39 Å². The highest BCUT2D eigenvalue weighted by atomic mass is 79.9. The fourth-order valence-corrected chi connectivity index (χ4v) is 2.46. The molecule has 1 heterocycles. The Balaban J connectivity index is 2.21. The maximum Gasteiger partial charge on any atom is 0.123 e. The number of methoxy groups -OCH3 is 1. The Bertz CT molecular complexity index is 380. The third kappa shape index (κ3) is 2.97. The van der Waals surface area contributed by atoms with Gasteiger partial charge in [-0.25, -0.2) is 4.39 Å². The largest absolute Gasteiger partial charge is 0.496 e. The smallest absolute Gasteiger partial charge is 0.123 e. The summed E-state index contributed by atoms with van der Waals surface area (Å²) in [6.45, 7) is 1.66. The number of hydrogen-bond donors (Lipinski definition) is 0. The van der Waals surface area contributed by atoms with Gasteiger partial charge in [-0.2, -0.15) is 0 Å². The van der Waals surface area contributed by atoms with Gasteiger partial charge in [-0.15, -0.1) is 0 Å². The molecule has 0 spiro atoms. The number of ether oxygens (including phenoxy) is 3. The van der Waals surface area contributed by atoms with Crippen LogP contribution in [0, 0.1) is 5.82 Å². The summed E-state index contributed by atoms with van der Waals surface area (Å²) in [6.07, 6.45) is -0.126. The van der Waals surface area contributed by atoms with Crippen molar-refractivity contribution in [3.8, 4) is 5.75 Å². The van der Waals surface area contributed by atoms with Gasteiger partial charge in [-0.3, -0.25) is 0 Å². The molecule has 0 radical (unpaired) electrons. The number of benzene rings is 1. The molecule has 0 bridgehead atoms. The van der Waals surface area contributed by atoms with Crippen molar-refractivity contribution >= 4 is 15.9 Å². The molecular weight excluding hydrogens is 291 g/mol. The molecule has 1 aliphatic heterocycles. The zero-order valence-corrected chi connectivity index (χ0v) is 11.1. The normalized spacial score (nSPS) is 22.2. The van der Waals surface area contributed by atoms with Gasteiger partial charge in [0, 0.05) is 5.56 Å². The molecule has 1 aromatic rings. The van der Waals surface area contributed by atoms with Crippen molar-refractivity contribution < 1.29 is 18.6 Å². The van der Waals surface area contributed by atoms with Gasteiger partial charge in [0.25, 0.3) is 0 Å². The lowest BCUT2D eigenvalue weighted by Crippen LogP contribution is -2.31. The standard InChI is InChI=1S/C12H14BrFO3/c1-15-10-3-2-8(14)6-9(10)12(13)11-7-16-4-5-17-11/h2-3,6,11-12H,4-5,7H2,1H3. The van der Waals surface area contributed by atoms with Gasteiger partial charge in [-0.1, -0.05) is 15.9 Å². The number of hydrogen-bond acceptors (Lipinski definition) is 3. The maximum absolute atomic E-state index is 13.3. The van der Waals surface area contributed by atoms with Gasteiger partial charge < -0.3 is 14.2 Å². The highest BCUT2D eigenvalue weighted by Crippen LogP contribution is 2.36. The van der Waals surface area contributed by atoms with Gasteiger partial charge in [0.05, 0.1) is 37.9 Å². The van der Waals surface area contributed by atoms with Crippen LogP contribution in [-0.4, -0.2) is 33.0 Å². The predicted octanol–water partition coefficient (Wildman–Crippen LogP) is 2.69. The molecule has 2 unspecified atom stereocenters. The van der Waals surface area contributed by atoms with Crippen LogP contribution in [0.2, 0.25) is 0 Å². The van der Waals surface area contributed by atoms with E-state index in [0.29, 0.717) is 25.6 Å². The average Bonchev–Trinajstić information content (AvgIpc) is 2.39. The Morgan fingerprint density at radius 1 is 1.47 bits per heavy atom. The zero-order chi connectivity index (χ0) is 12.3. The summed E-state index contributed by atoms with van der Waals surface area (Å²) in [4.78, 5) is -0.145. The number of rotatable bonds is 3. The molecule has 2 atom stereocenters. The van der Waals surface area contributed by atoms with Crippen LogP contribution in [0.15, 0.2) is 18.2 Å². The Morgan fingerprint density at radius 3 is 2.94 bits per heavy atom. The highest BCUT2D eigenvalue weighted by Gasteiger charge is 2.27. The van der Waals surface area contributed by atoms with Crippen molar-refractivity contribution in [2.45, 2.75) is 10.9 Å². The molecule has 1 aliphatic rings. The molecule has 2 rings (SSSR count). The second-order valence-electron chi connectivity index (χ2n) is 3.77. The molecule has 0 amide bonds. The van der Waals surface area contributed by atoms with Crippen LogP contribution in [0.1, 0.15) is 10.4 Å². The minimum atomic E-state index is -0.290. The summed E-state index contributed by atoms with van der Waals surface area (Å²) in [5.41, 5.74) is 0.739. The monoisotopic (exact) mass is 304 g/mol. The first-order valence-electron chi connectivity index (χ1n) is 5.39. The molecule has 0 N–H and O–H groups in total. The van der Waals surface area contributed by atoms with E-state index in [0.717, 1.165) is 5.56 Å². The summed E-state index contributed by atoms with van der Waals surface area (Å²) in [5.74, 6) is 0.351. The van der Waals surface area contributed by atoms with E-state index in [4.69, 9.17) is 14.2 Å². The second kappa shape index (κ2) is 5.80. The van der Waals surface area contributed by atoms with E-state index in [1.54, 1.807) is 13.2 Å². The van der Waals surface area contributed by atoms with Crippen LogP contribution in [0.3, 0.4) is 0 Å². The Morgan fingerprint density at radius 2 is 2.29 bits per heavy atom. The summed E-state index contributed by atoms with van der Waals surface area (Å²) in [6, 6.07) is 4.44. The van der Waals surface area contributed by atoms with Gasteiger partial charge in [-0.05, 0) is 18.2 Å².